The Kier molecular flexibility index (Phi) is 17.6. The van der Waals surface area contributed by atoms with E-state index < -0.39 is 0 Å². The monoisotopic (exact) mass is 1640 g/mol. The molecule has 127 heavy (non-hydrogen) atoms. The van der Waals surface area contributed by atoms with Crippen LogP contribution in [0, 0.1) is 0 Å². The fourth-order valence-electron chi connectivity index (χ4n) is 22.2. The highest BCUT2D eigenvalue weighted by Crippen LogP contribution is 2.66. The normalized spacial score (nSPS) is 14.5. The van der Waals surface area contributed by atoms with Gasteiger partial charge in [0.25, 0.3) is 0 Å². The summed E-state index contributed by atoms with van der Waals surface area (Å²) in [6.45, 7) is 23.8. The molecule has 17 aromatic carbocycles. The van der Waals surface area contributed by atoms with Crippen molar-refractivity contribution >= 4 is 89.8 Å². The molecule has 0 atom stereocenters. The van der Waals surface area contributed by atoms with Crippen LogP contribution in [-0.2, 0) is 27.1 Å². The lowest BCUT2D eigenvalue weighted by molar-refractivity contribution is 0.592. The Balaban J connectivity index is 0.000000146. The van der Waals surface area contributed by atoms with Crippen LogP contribution in [0.5, 0.6) is 0 Å². The molecule has 2 heterocycles. The maximum Gasteiger partial charge on any atom is 0.139 e. The van der Waals surface area contributed by atoms with Gasteiger partial charge in [-0.1, -0.05) is 312 Å². The summed E-state index contributed by atoms with van der Waals surface area (Å²) in [5, 5.41) is 5.02. The summed E-state index contributed by atoms with van der Waals surface area (Å²) in [5.41, 5.74) is 37.4. The zero-order valence-electron chi connectivity index (χ0n) is 73.2. The molecular weight excluding hydrogens is 1540 g/mol. The minimum atomic E-state index is -0.313. The molecular formula is C121H96N4O2. The maximum atomic E-state index is 7.19. The van der Waals surface area contributed by atoms with E-state index >= 15 is 0 Å². The molecule has 0 saturated carbocycles. The molecule has 0 N–H and O–H groups in total. The Morgan fingerprint density at radius 2 is 0.441 bits per heavy atom. The maximum absolute atomic E-state index is 7.19. The smallest absolute Gasteiger partial charge is 0.139 e. The lowest BCUT2D eigenvalue weighted by atomic mass is 9.74. The molecule has 24 rings (SSSR count). The van der Waals surface area contributed by atoms with Crippen LogP contribution in [0.3, 0.4) is 0 Å². The fourth-order valence-corrected chi connectivity index (χ4v) is 22.2. The first-order valence-electron chi connectivity index (χ1n) is 44.6. The number of para-hydroxylation sites is 6. The van der Waals surface area contributed by atoms with Crippen molar-refractivity contribution in [3.8, 4) is 78.7 Å². The van der Waals surface area contributed by atoms with Gasteiger partial charge in [-0.3, -0.25) is 0 Å². The first-order chi connectivity index (χ1) is 61.8. The van der Waals surface area contributed by atoms with Crippen LogP contribution in [0.4, 0.5) is 68.2 Å². The van der Waals surface area contributed by atoms with E-state index in [1.54, 1.807) is 0 Å². The molecule has 2 aromatic heterocycles. The minimum Gasteiger partial charge on any atom is -0.455 e. The van der Waals surface area contributed by atoms with Crippen molar-refractivity contribution in [3.63, 3.8) is 0 Å². The molecule has 6 heteroatoms. The van der Waals surface area contributed by atoms with Gasteiger partial charge in [0, 0.05) is 140 Å². The molecule has 0 spiro atoms. The van der Waals surface area contributed by atoms with Gasteiger partial charge in [-0.2, -0.15) is 0 Å². The van der Waals surface area contributed by atoms with Gasteiger partial charge in [-0.25, -0.2) is 0 Å². The third kappa shape index (κ3) is 12.0. The van der Waals surface area contributed by atoms with Crippen molar-refractivity contribution in [3.05, 3.63) is 456 Å². The highest BCUT2D eigenvalue weighted by atomic mass is 16.3. The van der Waals surface area contributed by atoms with Crippen LogP contribution in [0.1, 0.15) is 125 Å². The SMILES string of the molecule is CC1(C)c2cc(N(c3ccccc3)c3ccc4c(ccc5ccccc54)c3)ccc2-c2oc3c(c21)C(C)(C)c1cc(N(c2ccccc2)c2ccccc2-c2ccccc2)ccc1-3.CC1(C)c2ccccc2-c2ccc(N(c3ccccc3)c3ccc4c(c3)C(C)(C)c3c-4oc4c3C(C)(C)c3cc(N(c5ccccc5)c5ccccc5-c5ccccc5)ccc3-4)cc21. The second kappa shape index (κ2) is 29.1. The molecule has 19 aromatic rings. The highest BCUT2D eigenvalue weighted by Gasteiger charge is 2.53. The number of rotatable bonds is 14. The standard InChI is InChI=1S/C61H50N2O.C60H46N2O/c1-59(2)50-28-18-16-27-46(50)47-33-30-42(36-51(47)59)62(40-22-12-8-13-23-40)43-31-34-48-52(37-43)60(3,4)55-56-58(64-57(48)55)49-35-32-44(38-53(49)61(56,5)6)63(41-24-14-9-15-25-41)54-29-19-17-26-45(54)39-20-10-7-11-21-39;1-59(2)52-37-45(61(42-21-10-6-11-22-42)44-30-33-48-41(36-44)29-28-40-20-14-15-25-47(40)48)31-34-50(52)57-55(59)56-58(63-57)51-35-32-46(38-53(51)60(56,3)4)62(43-23-12-7-13-24-43)54-27-17-16-26-49(54)39-18-8-5-9-19-39/h7-38H,1-6H3;5-38H,1-4H3. The largest absolute Gasteiger partial charge is 0.455 e. The molecule has 0 amide bonds. The second-order valence-electron chi connectivity index (χ2n) is 37.5. The van der Waals surface area contributed by atoms with Gasteiger partial charge in [-0.05, 0) is 235 Å². The predicted molar refractivity (Wildman–Crippen MR) is 530 cm³/mol. The highest BCUT2D eigenvalue weighted by molar-refractivity contribution is 6.09. The number of nitrogens with zero attached hydrogens (tertiary/aromatic N) is 4. The second-order valence-corrected chi connectivity index (χ2v) is 37.5. The van der Waals surface area contributed by atoms with E-state index in [9.17, 15) is 0 Å². The molecule has 6 nitrogen and oxygen atoms in total. The Morgan fingerprint density at radius 3 is 0.835 bits per heavy atom. The summed E-state index contributed by atoms with van der Waals surface area (Å²) in [4.78, 5) is 9.63. The van der Waals surface area contributed by atoms with Crippen molar-refractivity contribution in [1.29, 1.82) is 0 Å². The van der Waals surface area contributed by atoms with Crippen LogP contribution >= 0.6 is 0 Å². The van der Waals surface area contributed by atoms with Gasteiger partial charge < -0.3 is 28.4 Å². The van der Waals surface area contributed by atoms with Crippen LogP contribution in [-0.4, -0.2) is 0 Å². The molecule has 0 unspecified atom stereocenters. The summed E-state index contributed by atoms with van der Waals surface area (Å²) in [5.74, 6) is 4.01. The Hall–Kier alpha value is -15.0. The van der Waals surface area contributed by atoms with Gasteiger partial charge in [0.15, 0.2) is 0 Å². The molecule has 0 saturated heterocycles. The molecule has 0 bridgehead atoms. The fraction of sp³-hybridized carbons (Fsp3) is 0.124. The van der Waals surface area contributed by atoms with E-state index in [0.29, 0.717) is 0 Å². The zero-order chi connectivity index (χ0) is 86.0. The average molecular weight is 1640 g/mol. The van der Waals surface area contributed by atoms with Crippen molar-refractivity contribution in [2.45, 2.75) is 96.3 Å². The van der Waals surface area contributed by atoms with Gasteiger partial charge in [0.05, 0.1) is 11.4 Å². The first-order valence-corrected chi connectivity index (χ1v) is 44.6. The quantitative estimate of drug-likeness (QED) is 0.101. The molecule has 612 valence electrons. The molecule has 5 aliphatic carbocycles. The first kappa shape index (κ1) is 76.9. The Labute approximate surface area is 744 Å². The Morgan fingerprint density at radius 1 is 0.173 bits per heavy atom. The summed E-state index contributed by atoms with van der Waals surface area (Å²) in [6, 6.07) is 146. The van der Waals surface area contributed by atoms with Gasteiger partial charge in [0.2, 0.25) is 0 Å². The van der Waals surface area contributed by atoms with Crippen molar-refractivity contribution in [1.82, 2.24) is 0 Å². The van der Waals surface area contributed by atoms with E-state index in [4.69, 9.17) is 8.83 Å². The van der Waals surface area contributed by atoms with Crippen LogP contribution in [0.15, 0.2) is 409 Å². The molecule has 0 radical (unpaired) electrons. The number of anilines is 12. The number of hydrogen-bond acceptors (Lipinski definition) is 6. The molecule has 0 aliphatic heterocycles. The lowest BCUT2D eigenvalue weighted by Crippen LogP contribution is -2.23. The number of furan rings is 2. The summed E-state index contributed by atoms with van der Waals surface area (Å²) in [6.07, 6.45) is 0. The van der Waals surface area contributed by atoms with E-state index in [1.165, 1.54) is 133 Å². The van der Waals surface area contributed by atoms with E-state index in [0.717, 1.165) is 91.3 Å². The lowest BCUT2D eigenvalue weighted by Gasteiger charge is -2.31. The third-order valence-corrected chi connectivity index (χ3v) is 28.4. The van der Waals surface area contributed by atoms with Gasteiger partial charge in [-0.15, -0.1) is 0 Å². The van der Waals surface area contributed by atoms with Crippen molar-refractivity contribution < 1.29 is 8.83 Å². The minimum absolute atomic E-state index is 0.101. The van der Waals surface area contributed by atoms with Crippen molar-refractivity contribution in [2.24, 2.45) is 0 Å². The molecule has 5 aliphatic rings. The van der Waals surface area contributed by atoms with Gasteiger partial charge >= 0.3 is 0 Å². The average Bonchev–Trinajstić information content (AvgIpc) is 1.52. The number of fused-ring (bicyclic) bond motifs is 20. The number of benzene rings is 17. The van der Waals surface area contributed by atoms with Crippen LogP contribution in [0.2, 0.25) is 0 Å². The number of hydrogen-bond donors (Lipinski definition) is 0. The van der Waals surface area contributed by atoms with Gasteiger partial charge in [0.1, 0.15) is 23.0 Å². The zero-order valence-corrected chi connectivity index (χ0v) is 73.2. The summed E-state index contributed by atoms with van der Waals surface area (Å²) >= 11 is 0. The van der Waals surface area contributed by atoms with E-state index in [-0.39, 0.29) is 27.1 Å². The predicted octanol–water partition coefficient (Wildman–Crippen LogP) is 33.6. The summed E-state index contributed by atoms with van der Waals surface area (Å²) < 4.78 is 14.4. The van der Waals surface area contributed by atoms with E-state index in [1.807, 2.05) is 0 Å². The van der Waals surface area contributed by atoms with Crippen molar-refractivity contribution in [2.75, 3.05) is 19.6 Å². The van der Waals surface area contributed by atoms with E-state index in [2.05, 4.69) is 489 Å². The third-order valence-electron chi connectivity index (χ3n) is 28.4. The topological polar surface area (TPSA) is 39.2 Å². The summed E-state index contributed by atoms with van der Waals surface area (Å²) in [7, 11) is 0. The molecule has 0 fully saturated rings. The van der Waals surface area contributed by atoms with Crippen LogP contribution < -0.4 is 19.6 Å². The Bertz CT molecular complexity index is 7600. The van der Waals surface area contributed by atoms with Crippen LogP contribution in [0.25, 0.3) is 100 Å².